The maximum Gasteiger partial charge on any atom is 0.123 e. The summed E-state index contributed by atoms with van der Waals surface area (Å²) in [6.07, 6.45) is 2.63. The van der Waals surface area contributed by atoms with Gasteiger partial charge in [-0.05, 0) is 50.1 Å². The van der Waals surface area contributed by atoms with Gasteiger partial charge in [-0.15, -0.1) is 0 Å². The topological polar surface area (TPSA) is 49.5 Å². The average molecular weight is 240 g/mol. The quantitative estimate of drug-likeness (QED) is 0.681. The lowest BCUT2D eigenvalue weighted by atomic mass is 10.2. The maximum absolute atomic E-state index is 12.8. The van der Waals surface area contributed by atoms with Crippen LogP contribution in [0.1, 0.15) is 19.3 Å². The Labute approximate surface area is 102 Å². The highest BCUT2D eigenvalue weighted by molar-refractivity contribution is 5.46. The van der Waals surface area contributed by atoms with Gasteiger partial charge >= 0.3 is 0 Å². The first-order valence-corrected chi connectivity index (χ1v) is 6.09. The molecule has 0 bridgehead atoms. The van der Waals surface area contributed by atoms with Crippen molar-refractivity contribution in [2.24, 2.45) is 5.73 Å². The van der Waals surface area contributed by atoms with Crippen LogP contribution in [0.3, 0.4) is 0 Å². The number of nitrogens with two attached hydrogens (primary N) is 1. The van der Waals surface area contributed by atoms with E-state index in [2.05, 4.69) is 4.90 Å². The number of unbranched alkanes of at least 4 members (excludes halogenated alkanes) is 1. The average Bonchev–Trinajstić information content (AvgIpc) is 2.35. The van der Waals surface area contributed by atoms with E-state index in [0.717, 1.165) is 38.0 Å². The summed E-state index contributed by atoms with van der Waals surface area (Å²) in [5.74, 6) is -0.220. The normalized spacial score (nSPS) is 10.5. The van der Waals surface area contributed by atoms with E-state index in [0.29, 0.717) is 6.54 Å². The Morgan fingerprint density at radius 2 is 1.71 bits per heavy atom. The lowest BCUT2D eigenvalue weighted by molar-refractivity contribution is 0.285. The number of aliphatic hydroxyl groups is 1. The van der Waals surface area contributed by atoms with Gasteiger partial charge in [-0.25, -0.2) is 4.39 Å². The summed E-state index contributed by atoms with van der Waals surface area (Å²) in [6, 6.07) is 6.50. The summed E-state index contributed by atoms with van der Waals surface area (Å²) >= 11 is 0. The van der Waals surface area contributed by atoms with E-state index in [1.165, 1.54) is 12.1 Å². The SMILES string of the molecule is NCCCN(CCCCO)c1ccc(F)cc1. The van der Waals surface area contributed by atoms with Gasteiger partial charge in [0.1, 0.15) is 5.82 Å². The zero-order valence-corrected chi connectivity index (χ0v) is 10.1. The first kappa shape index (κ1) is 13.9. The van der Waals surface area contributed by atoms with E-state index < -0.39 is 0 Å². The largest absolute Gasteiger partial charge is 0.396 e. The number of benzene rings is 1. The molecule has 3 nitrogen and oxygen atoms in total. The van der Waals surface area contributed by atoms with Crippen LogP contribution in [0.5, 0.6) is 0 Å². The predicted molar refractivity (Wildman–Crippen MR) is 68.6 cm³/mol. The smallest absolute Gasteiger partial charge is 0.123 e. The summed E-state index contributed by atoms with van der Waals surface area (Å²) < 4.78 is 12.8. The molecule has 0 saturated heterocycles. The van der Waals surface area contributed by atoms with Crippen LogP contribution in [-0.2, 0) is 0 Å². The molecule has 1 aromatic carbocycles. The van der Waals surface area contributed by atoms with E-state index in [-0.39, 0.29) is 12.4 Å². The molecule has 0 aliphatic rings. The molecular weight excluding hydrogens is 219 g/mol. The van der Waals surface area contributed by atoms with Gasteiger partial charge in [0, 0.05) is 25.4 Å². The van der Waals surface area contributed by atoms with Crippen LogP contribution in [0.15, 0.2) is 24.3 Å². The second-order valence-electron chi connectivity index (χ2n) is 4.04. The van der Waals surface area contributed by atoms with Gasteiger partial charge in [0.25, 0.3) is 0 Å². The van der Waals surface area contributed by atoms with Crippen LogP contribution >= 0.6 is 0 Å². The summed E-state index contributed by atoms with van der Waals surface area (Å²) in [7, 11) is 0. The van der Waals surface area contributed by atoms with Gasteiger partial charge in [0.2, 0.25) is 0 Å². The molecule has 0 saturated carbocycles. The lowest BCUT2D eigenvalue weighted by Gasteiger charge is -2.24. The number of nitrogens with zero attached hydrogens (tertiary/aromatic N) is 1. The second kappa shape index (κ2) is 8.03. The van der Waals surface area contributed by atoms with Gasteiger partial charge in [0.15, 0.2) is 0 Å². The number of halogens is 1. The van der Waals surface area contributed by atoms with Gasteiger partial charge in [-0.1, -0.05) is 0 Å². The van der Waals surface area contributed by atoms with Crippen molar-refractivity contribution < 1.29 is 9.50 Å². The number of hydrogen-bond acceptors (Lipinski definition) is 3. The molecular formula is C13H21FN2O. The first-order chi connectivity index (χ1) is 8.27. The molecule has 0 heterocycles. The number of aliphatic hydroxyl groups excluding tert-OH is 1. The molecule has 0 aliphatic carbocycles. The van der Waals surface area contributed by atoms with Crippen molar-refractivity contribution in [3.8, 4) is 0 Å². The fourth-order valence-corrected chi connectivity index (χ4v) is 1.72. The minimum Gasteiger partial charge on any atom is -0.396 e. The molecule has 17 heavy (non-hydrogen) atoms. The summed E-state index contributed by atoms with van der Waals surface area (Å²) in [4.78, 5) is 2.18. The molecule has 0 unspecified atom stereocenters. The molecule has 0 aliphatic heterocycles. The van der Waals surface area contributed by atoms with Crippen LogP contribution in [0.4, 0.5) is 10.1 Å². The van der Waals surface area contributed by atoms with Crippen LogP contribution in [-0.4, -0.2) is 31.3 Å². The van der Waals surface area contributed by atoms with Gasteiger partial charge in [0.05, 0.1) is 0 Å². The molecule has 1 rings (SSSR count). The van der Waals surface area contributed by atoms with Crippen LogP contribution in [0.25, 0.3) is 0 Å². The minimum absolute atomic E-state index is 0.216. The Hall–Kier alpha value is -1.13. The maximum atomic E-state index is 12.8. The fourth-order valence-electron chi connectivity index (χ4n) is 1.72. The molecule has 0 atom stereocenters. The molecule has 1 aromatic rings. The zero-order chi connectivity index (χ0) is 12.5. The first-order valence-electron chi connectivity index (χ1n) is 6.09. The van der Waals surface area contributed by atoms with E-state index in [4.69, 9.17) is 10.8 Å². The Kier molecular flexibility index (Phi) is 6.58. The van der Waals surface area contributed by atoms with Crippen molar-refractivity contribution in [2.75, 3.05) is 31.1 Å². The predicted octanol–water partition coefficient (Wildman–Crippen LogP) is 1.75. The third kappa shape index (κ3) is 5.15. The van der Waals surface area contributed by atoms with E-state index in [9.17, 15) is 4.39 Å². The van der Waals surface area contributed by atoms with Crippen molar-refractivity contribution in [3.05, 3.63) is 30.1 Å². The number of rotatable bonds is 8. The van der Waals surface area contributed by atoms with Crippen molar-refractivity contribution in [1.82, 2.24) is 0 Å². The molecule has 0 amide bonds. The summed E-state index contributed by atoms with van der Waals surface area (Å²) in [6.45, 7) is 2.60. The molecule has 4 heteroatoms. The third-order valence-corrected chi connectivity index (χ3v) is 2.66. The third-order valence-electron chi connectivity index (χ3n) is 2.66. The highest BCUT2D eigenvalue weighted by Crippen LogP contribution is 2.15. The molecule has 0 spiro atoms. The van der Waals surface area contributed by atoms with E-state index >= 15 is 0 Å². The van der Waals surface area contributed by atoms with Crippen LogP contribution in [0.2, 0.25) is 0 Å². The molecule has 0 aromatic heterocycles. The molecule has 96 valence electrons. The van der Waals surface area contributed by atoms with Gasteiger partial charge < -0.3 is 15.7 Å². The highest BCUT2D eigenvalue weighted by atomic mass is 19.1. The number of hydrogen-bond donors (Lipinski definition) is 2. The number of anilines is 1. The molecule has 0 fully saturated rings. The fraction of sp³-hybridized carbons (Fsp3) is 0.538. The summed E-state index contributed by atoms with van der Waals surface area (Å²) in [5.41, 5.74) is 6.52. The monoisotopic (exact) mass is 240 g/mol. The zero-order valence-electron chi connectivity index (χ0n) is 10.1. The van der Waals surface area contributed by atoms with Crippen LogP contribution < -0.4 is 10.6 Å². The van der Waals surface area contributed by atoms with Crippen LogP contribution in [0, 0.1) is 5.82 Å². The standard InChI is InChI=1S/C13H21FN2O/c14-12-4-6-13(7-5-12)16(10-3-8-15)9-1-2-11-17/h4-7,17H,1-3,8-11,15H2. The van der Waals surface area contributed by atoms with Crippen molar-refractivity contribution in [3.63, 3.8) is 0 Å². The lowest BCUT2D eigenvalue weighted by Crippen LogP contribution is -2.27. The summed E-state index contributed by atoms with van der Waals surface area (Å²) in [5, 5.41) is 8.77. The second-order valence-corrected chi connectivity index (χ2v) is 4.04. The minimum atomic E-state index is -0.220. The van der Waals surface area contributed by atoms with E-state index in [1.807, 2.05) is 0 Å². The Balaban J connectivity index is 2.57. The van der Waals surface area contributed by atoms with Crippen molar-refractivity contribution >= 4 is 5.69 Å². The van der Waals surface area contributed by atoms with Crippen molar-refractivity contribution in [2.45, 2.75) is 19.3 Å². The Morgan fingerprint density at radius 3 is 2.29 bits per heavy atom. The highest BCUT2D eigenvalue weighted by Gasteiger charge is 2.05. The Morgan fingerprint density at radius 1 is 1.06 bits per heavy atom. The van der Waals surface area contributed by atoms with Crippen molar-refractivity contribution in [1.29, 1.82) is 0 Å². The molecule has 3 N–H and O–H groups in total. The van der Waals surface area contributed by atoms with E-state index in [1.54, 1.807) is 12.1 Å². The molecule has 0 radical (unpaired) electrons. The van der Waals surface area contributed by atoms with Gasteiger partial charge in [-0.3, -0.25) is 0 Å². The van der Waals surface area contributed by atoms with Gasteiger partial charge in [-0.2, -0.15) is 0 Å². The Bertz CT molecular complexity index is 303.